The number of ketones is 1. The van der Waals surface area contributed by atoms with E-state index in [-0.39, 0.29) is 17.2 Å². The largest absolute Gasteiger partial charge is 0.423 e. The summed E-state index contributed by atoms with van der Waals surface area (Å²) in [6.45, 7) is 1.34. The highest BCUT2D eigenvalue weighted by Gasteiger charge is 2.14. The molecule has 5 heteroatoms. The first-order chi connectivity index (χ1) is 8.18. The smallest absolute Gasteiger partial charge is 0.309 e. The molecule has 2 heterocycles. The fourth-order valence-corrected chi connectivity index (χ4v) is 1.79. The molecule has 0 aliphatic carbocycles. The number of fused-ring (bicyclic) bond motifs is 3. The number of benzene rings is 1. The number of nitrogens with zero attached hydrogens (tertiary/aromatic N) is 2. The van der Waals surface area contributed by atoms with E-state index >= 15 is 0 Å². The highest BCUT2D eigenvalue weighted by atomic mass is 16.4. The SMILES string of the molecule is CC(=O)c1cnc2oc3ccccc3n2c1=O. The van der Waals surface area contributed by atoms with E-state index in [1.54, 1.807) is 18.2 Å². The zero-order valence-corrected chi connectivity index (χ0v) is 9.01. The van der Waals surface area contributed by atoms with Crippen LogP contribution in [0.15, 0.2) is 39.7 Å². The van der Waals surface area contributed by atoms with Crippen LogP contribution in [0.3, 0.4) is 0 Å². The van der Waals surface area contributed by atoms with Gasteiger partial charge in [-0.25, -0.2) is 9.38 Å². The molecule has 0 bridgehead atoms. The molecule has 0 fully saturated rings. The Bertz CT molecular complexity index is 798. The summed E-state index contributed by atoms with van der Waals surface area (Å²) in [4.78, 5) is 27.3. The van der Waals surface area contributed by atoms with Gasteiger partial charge in [0.15, 0.2) is 11.4 Å². The molecule has 17 heavy (non-hydrogen) atoms. The topological polar surface area (TPSA) is 64.6 Å². The molecule has 84 valence electrons. The molecule has 0 aliphatic rings. The van der Waals surface area contributed by atoms with Crippen LogP contribution in [-0.2, 0) is 0 Å². The minimum atomic E-state index is -0.396. The zero-order valence-electron chi connectivity index (χ0n) is 9.01. The van der Waals surface area contributed by atoms with E-state index in [9.17, 15) is 9.59 Å². The van der Waals surface area contributed by atoms with Gasteiger partial charge in [-0.3, -0.25) is 9.59 Å². The van der Waals surface area contributed by atoms with Crippen molar-refractivity contribution in [2.45, 2.75) is 6.92 Å². The first-order valence-corrected chi connectivity index (χ1v) is 5.09. The van der Waals surface area contributed by atoms with Gasteiger partial charge in [0, 0.05) is 6.20 Å². The number of carbonyl (C=O) groups is 1. The Morgan fingerprint density at radius 2 is 2.12 bits per heavy atom. The number of para-hydroxylation sites is 2. The van der Waals surface area contributed by atoms with Gasteiger partial charge in [0.05, 0.1) is 5.52 Å². The van der Waals surface area contributed by atoms with Crippen LogP contribution in [0.1, 0.15) is 17.3 Å². The minimum absolute atomic E-state index is 0.0639. The van der Waals surface area contributed by atoms with Crippen molar-refractivity contribution in [3.63, 3.8) is 0 Å². The molecule has 0 aliphatic heterocycles. The minimum Gasteiger partial charge on any atom is -0.423 e. The summed E-state index contributed by atoms with van der Waals surface area (Å²) in [5.41, 5.74) is 0.849. The molecule has 0 atom stereocenters. The number of hydrogen-bond donors (Lipinski definition) is 0. The van der Waals surface area contributed by atoms with Crippen molar-refractivity contribution in [2.24, 2.45) is 0 Å². The van der Waals surface area contributed by atoms with Gasteiger partial charge in [-0.15, -0.1) is 0 Å². The zero-order chi connectivity index (χ0) is 12.0. The van der Waals surface area contributed by atoms with Crippen molar-refractivity contribution in [3.05, 3.63) is 46.4 Å². The highest BCUT2D eigenvalue weighted by Crippen LogP contribution is 2.16. The fourth-order valence-electron chi connectivity index (χ4n) is 1.79. The van der Waals surface area contributed by atoms with Crippen LogP contribution in [0.5, 0.6) is 0 Å². The van der Waals surface area contributed by atoms with Gasteiger partial charge in [-0.05, 0) is 19.1 Å². The molecular weight excluding hydrogens is 220 g/mol. The van der Waals surface area contributed by atoms with E-state index < -0.39 is 5.56 Å². The van der Waals surface area contributed by atoms with Crippen molar-refractivity contribution in [1.29, 1.82) is 0 Å². The van der Waals surface area contributed by atoms with E-state index in [1.165, 1.54) is 17.5 Å². The van der Waals surface area contributed by atoms with Crippen LogP contribution in [-0.4, -0.2) is 15.2 Å². The second kappa shape index (κ2) is 3.28. The Labute approximate surface area is 95.3 Å². The van der Waals surface area contributed by atoms with Crippen molar-refractivity contribution in [1.82, 2.24) is 9.38 Å². The Balaban J connectivity index is 2.57. The average Bonchev–Trinajstić information content (AvgIpc) is 2.67. The maximum Gasteiger partial charge on any atom is 0.309 e. The van der Waals surface area contributed by atoms with E-state index in [1.807, 2.05) is 6.07 Å². The first kappa shape index (κ1) is 9.77. The van der Waals surface area contributed by atoms with Gasteiger partial charge in [0.1, 0.15) is 5.56 Å². The Morgan fingerprint density at radius 1 is 1.35 bits per heavy atom. The first-order valence-electron chi connectivity index (χ1n) is 5.09. The number of carbonyl (C=O) groups excluding carboxylic acids is 1. The van der Waals surface area contributed by atoms with Crippen LogP contribution in [0.2, 0.25) is 0 Å². The monoisotopic (exact) mass is 228 g/mol. The summed E-state index contributed by atoms with van der Waals surface area (Å²) in [5, 5.41) is 0. The van der Waals surface area contributed by atoms with Gasteiger partial charge < -0.3 is 4.42 Å². The third-order valence-electron chi connectivity index (χ3n) is 2.62. The summed E-state index contributed by atoms with van der Waals surface area (Å²) < 4.78 is 6.72. The predicted octanol–water partition coefficient (Wildman–Crippen LogP) is 1.64. The maximum absolute atomic E-state index is 12.1. The number of aromatic nitrogens is 2. The summed E-state index contributed by atoms with van der Waals surface area (Å²) in [6, 6.07) is 7.10. The van der Waals surface area contributed by atoms with Crippen LogP contribution in [0.4, 0.5) is 0 Å². The third kappa shape index (κ3) is 1.29. The lowest BCUT2D eigenvalue weighted by Crippen LogP contribution is -2.20. The van der Waals surface area contributed by atoms with Gasteiger partial charge >= 0.3 is 5.84 Å². The van der Waals surface area contributed by atoms with Crippen LogP contribution in [0.25, 0.3) is 16.9 Å². The number of Topliss-reactive ketones (excluding diaryl/α,β-unsaturated/α-hetero) is 1. The van der Waals surface area contributed by atoms with E-state index in [4.69, 9.17) is 4.42 Å². The summed E-state index contributed by atoms with van der Waals surface area (Å²) in [5.74, 6) is -0.108. The lowest BCUT2D eigenvalue weighted by molar-refractivity contribution is 0.101. The molecule has 0 saturated carbocycles. The molecule has 1 aromatic carbocycles. The maximum atomic E-state index is 12.1. The van der Waals surface area contributed by atoms with Crippen LogP contribution >= 0.6 is 0 Å². The van der Waals surface area contributed by atoms with Gasteiger partial charge in [0.2, 0.25) is 0 Å². The van der Waals surface area contributed by atoms with Crippen molar-refractivity contribution >= 4 is 22.7 Å². The normalized spacial score (nSPS) is 11.1. The molecular formula is C12H8N2O3. The molecule has 0 saturated heterocycles. The second-order valence-corrected chi connectivity index (χ2v) is 3.72. The van der Waals surface area contributed by atoms with Crippen LogP contribution in [0, 0.1) is 0 Å². The summed E-state index contributed by atoms with van der Waals surface area (Å²) >= 11 is 0. The van der Waals surface area contributed by atoms with Gasteiger partial charge in [-0.1, -0.05) is 12.1 Å². The highest BCUT2D eigenvalue weighted by molar-refractivity contribution is 5.93. The number of oxazole rings is 1. The van der Waals surface area contributed by atoms with Gasteiger partial charge in [0.25, 0.3) is 5.56 Å². The molecule has 5 nitrogen and oxygen atoms in total. The number of hydrogen-bond acceptors (Lipinski definition) is 4. The molecule has 3 rings (SSSR count). The van der Waals surface area contributed by atoms with Crippen molar-refractivity contribution in [2.75, 3.05) is 0 Å². The fraction of sp³-hybridized carbons (Fsp3) is 0.0833. The van der Waals surface area contributed by atoms with E-state index in [2.05, 4.69) is 4.98 Å². The Morgan fingerprint density at radius 3 is 2.88 bits per heavy atom. The van der Waals surface area contributed by atoms with Crippen molar-refractivity contribution in [3.8, 4) is 0 Å². The van der Waals surface area contributed by atoms with Gasteiger partial charge in [-0.2, -0.15) is 0 Å². The van der Waals surface area contributed by atoms with Crippen LogP contribution < -0.4 is 5.56 Å². The van der Waals surface area contributed by atoms with E-state index in [0.717, 1.165) is 0 Å². The molecule has 0 N–H and O–H groups in total. The van der Waals surface area contributed by atoms with E-state index in [0.29, 0.717) is 11.1 Å². The van der Waals surface area contributed by atoms with Crippen molar-refractivity contribution < 1.29 is 9.21 Å². The lowest BCUT2D eigenvalue weighted by atomic mass is 10.2. The Kier molecular flexibility index (Phi) is 1.89. The molecule has 0 spiro atoms. The third-order valence-corrected chi connectivity index (χ3v) is 2.62. The second-order valence-electron chi connectivity index (χ2n) is 3.72. The Hall–Kier alpha value is -2.43. The molecule has 0 unspecified atom stereocenters. The average molecular weight is 228 g/mol. The quantitative estimate of drug-likeness (QED) is 0.594. The molecule has 2 aromatic heterocycles. The molecule has 0 amide bonds. The number of rotatable bonds is 1. The predicted molar refractivity (Wildman–Crippen MR) is 61.2 cm³/mol. The standard InChI is InChI=1S/C12H8N2O3/c1-7(15)8-6-13-12-14(11(8)16)9-4-2-3-5-10(9)17-12/h2-6H,1H3. The summed E-state index contributed by atoms with van der Waals surface area (Å²) in [7, 11) is 0. The molecule has 0 radical (unpaired) electrons. The lowest BCUT2D eigenvalue weighted by Gasteiger charge is -1.95. The summed E-state index contributed by atoms with van der Waals surface area (Å²) in [6.07, 6.45) is 1.25. The molecule has 3 aromatic rings.